The second kappa shape index (κ2) is 8.68. The van der Waals surface area contributed by atoms with Gasteiger partial charge >= 0.3 is 6.36 Å². The molecule has 0 bridgehead atoms. The number of fused-ring (bicyclic) bond motifs is 3. The highest BCUT2D eigenvalue weighted by Crippen LogP contribution is 2.46. The fraction of sp³-hybridized carbons (Fsp3) is 0.360. The van der Waals surface area contributed by atoms with E-state index in [1.54, 1.807) is 6.07 Å². The first kappa shape index (κ1) is 22.5. The third kappa shape index (κ3) is 4.43. The van der Waals surface area contributed by atoms with Crippen LogP contribution in [0, 0.1) is 23.4 Å². The van der Waals surface area contributed by atoms with E-state index in [9.17, 15) is 26.3 Å². The van der Waals surface area contributed by atoms with Gasteiger partial charge in [-0.25, -0.2) is 13.2 Å². The molecule has 0 saturated heterocycles. The SMILES string of the molecule is CCCC[C@@H]1CCc2c(ccc3ccc(F)cc23)[C@H]1c1cc(F)c(OC(F)(F)F)c(F)c1. The lowest BCUT2D eigenvalue weighted by molar-refractivity contribution is -0.276. The largest absolute Gasteiger partial charge is 0.573 e. The van der Waals surface area contributed by atoms with Crippen molar-refractivity contribution in [1.82, 2.24) is 0 Å². The molecule has 3 aromatic carbocycles. The Hall–Kier alpha value is -2.70. The van der Waals surface area contributed by atoms with E-state index in [1.807, 2.05) is 19.1 Å². The number of hydrogen-bond acceptors (Lipinski definition) is 1. The minimum atomic E-state index is -5.20. The predicted molar refractivity (Wildman–Crippen MR) is 110 cm³/mol. The van der Waals surface area contributed by atoms with Crippen LogP contribution in [-0.4, -0.2) is 6.36 Å². The van der Waals surface area contributed by atoms with Crippen LogP contribution in [0.15, 0.2) is 42.5 Å². The molecule has 7 heteroatoms. The van der Waals surface area contributed by atoms with Gasteiger partial charge in [0.25, 0.3) is 0 Å². The van der Waals surface area contributed by atoms with Crippen molar-refractivity contribution in [1.29, 1.82) is 0 Å². The smallest absolute Gasteiger partial charge is 0.399 e. The number of ether oxygens (including phenoxy) is 1. The Morgan fingerprint density at radius 2 is 1.66 bits per heavy atom. The minimum Gasteiger partial charge on any atom is -0.399 e. The van der Waals surface area contributed by atoms with E-state index in [0.717, 1.165) is 59.7 Å². The van der Waals surface area contributed by atoms with Crippen LogP contribution in [0.3, 0.4) is 0 Å². The van der Waals surface area contributed by atoms with Gasteiger partial charge in [-0.2, -0.15) is 0 Å². The van der Waals surface area contributed by atoms with E-state index in [1.165, 1.54) is 12.1 Å². The molecule has 0 unspecified atom stereocenters. The first-order valence-corrected chi connectivity index (χ1v) is 10.6. The zero-order valence-corrected chi connectivity index (χ0v) is 17.4. The summed E-state index contributed by atoms with van der Waals surface area (Å²) in [6, 6.07) is 10.1. The maximum absolute atomic E-state index is 14.5. The molecule has 0 fully saturated rings. The van der Waals surface area contributed by atoms with Crippen molar-refractivity contribution in [3.05, 3.63) is 76.6 Å². The number of rotatable bonds is 5. The summed E-state index contributed by atoms with van der Waals surface area (Å²) in [6.07, 6.45) is -1.10. The molecule has 1 nitrogen and oxygen atoms in total. The number of benzene rings is 3. The standard InChI is InChI=1S/C25H22F6O/c1-2-3-4-15-7-9-18-19(10-6-14-5-8-17(26)13-20(14)18)23(15)16-11-21(27)24(22(28)12-16)32-25(29,30)31/h5-6,8,10-13,15,23H,2-4,7,9H2,1H3/t15-,23-/m1/s1. The van der Waals surface area contributed by atoms with Crippen molar-refractivity contribution < 1.29 is 31.1 Å². The van der Waals surface area contributed by atoms with Crippen LogP contribution >= 0.6 is 0 Å². The van der Waals surface area contributed by atoms with Gasteiger partial charge in [-0.3, -0.25) is 0 Å². The Bertz CT molecular complexity index is 1110. The van der Waals surface area contributed by atoms with Crippen molar-refractivity contribution in [3.8, 4) is 5.75 Å². The van der Waals surface area contributed by atoms with E-state index in [-0.39, 0.29) is 17.3 Å². The van der Waals surface area contributed by atoms with Crippen LogP contribution < -0.4 is 4.74 Å². The van der Waals surface area contributed by atoms with Crippen LogP contribution in [0.25, 0.3) is 10.8 Å². The van der Waals surface area contributed by atoms with Gasteiger partial charge in [0, 0.05) is 5.92 Å². The maximum atomic E-state index is 14.5. The molecule has 1 aliphatic carbocycles. The highest BCUT2D eigenvalue weighted by molar-refractivity contribution is 5.87. The summed E-state index contributed by atoms with van der Waals surface area (Å²) in [5.74, 6) is -4.98. The van der Waals surface area contributed by atoms with Gasteiger partial charge in [0.1, 0.15) is 5.82 Å². The Morgan fingerprint density at radius 3 is 2.31 bits per heavy atom. The maximum Gasteiger partial charge on any atom is 0.573 e. The lowest BCUT2D eigenvalue weighted by Crippen LogP contribution is -2.23. The fourth-order valence-corrected chi connectivity index (χ4v) is 4.89. The molecule has 0 heterocycles. The van der Waals surface area contributed by atoms with Crippen molar-refractivity contribution in [2.24, 2.45) is 5.92 Å². The van der Waals surface area contributed by atoms with E-state index >= 15 is 0 Å². The van der Waals surface area contributed by atoms with Crippen LogP contribution in [0.4, 0.5) is 26.3 Å². The number of alkyl halides is 3. The van der Waals surface area contributed by atoms with Gasteiger partial charge in [-0.1, -0.05) is 38.0 Å². The van der Waals surface area contributed by atoms with Gasteiger partial charge in [0.05, 0.1) is 0 Å². The van der Waals surface area contributed by atoms with Crippen LogP contribution in [0.1, 0.15) is 55.2 Å². The van der Waals surface area contributed by atoms with Crippen LogP contribution in [0.2, 0.25) is 0 Å². The summed E-state index contributed by atoms with van der Waals surface area (Å²) in [5, 5.41) is 1.61. The number of unbranched alkanes of at least 4 members (excludes halogenated alkanes) is 1. The molecular weight excluding hydrogens is 430 g/mol. The van der Waals surface area contributed by atoms with Crippen LogP contribution in [0.5, 0.6) is 5.75 Å². The molecule has 0 amide bonds. The zero-order chi connectivity index (χ0) is 23.0. The molecule has 0 spiro atoms. The lowest BCUT2D eigenvalue weighted by Gasteiger charge is -2.35. The zero-order valence-electron chi connectivity index (χ0n) is 17.4. The fourth-order valence-electron chi connectivity index (χ4n) is 4.89. The predicted octanol–water partition coefficient (Wildman–Crippen LogP) is 8.04. The third-order valence-electron chi connectivity index (χ3n) is 6.23. The van der Waals surface area contributed by atoms with E-state index < -0.39 is 29.7 Å². The number of hydrogen-bond donors (Lipinski definition) is 0. The molecule has 32 heavy (non-hydrogen) atoms. The first-order chi connectivity index (χ1) is 15.2. The van der Waals surface area contributed by atoms with Gasteiger partial charge in [-0.05, 0) is 76.9 Å². The van der Waals surface area contributed by atoms with Crippen molar-refractivity contribution >= 4 is 10.8 Å². The highest BCUT2D eigenvalue weighted by Gasteiger charge is 2.36. The second-order valence-electron chi connectivity index (χ2n) is 8.28. The highest BCUT2D eigenvalue weighted by atomic mass is 19.4. The molecular formula is C25H22F6O. The molecule has 0 radical (unpaired) electrons. The molecule has 0 aromatic heterocycles. The molecule has 0 N–H and O–H groups in total. The second-order valence-corrected chi connectivity index (χ2v) is 8.28. The lowest BCUT2D eigenvalue weighted by atomic mass is 9.69. The summed E-state index contributed by atoms with van der Waals surface area (Å²) in [7, 11) is 0. The topological polar surface area (TPSA) is 9.23 Å². The van der Waals surface area contributed by atoms with E-state index in [2.05, 4.69) is 4.74 Å². The molecule has 170 valence electrons. The van der Waals surface area contributed by atoms with Crippen molar-refractivity contribution in [2.45, 2.75) is 51.3 Å². The average Bonchev–Trinajstić information content (AvgIpc) is 2.73. The van der Waals surface area contributed by atoms with Gasteiger partial charge < -0.3 is 4.74 Å². The van der Waals surface area contributed by atoms with Gasteiger partial charge in [0.2, 0.25) is 5.75 Å². The quantitative estimate of drug-likeness (QED) is 0.356. The molecule has 3 aromatic rings. The van der Waals surface area contributed by atoms with Crippen molar-refractivity contribution in [3.63, 3.8) is 0 Å². The first-order valence-electron chi connectivity index (χ1n) is 10.6. The molecule has 1 aliphatic rings. The third-order valence-corrected chi connectivity index (χ3v) is 6.23. The number of halogens is 6. The molecule has 4 rings (SSSR count). The molecule has 0 saturated carbocycles. The molecule has 2 atom stereocenters. The number of aryl methyl sites for hydroxylation is 1. The average molecular weight is 452 g/mol. The summed E-state index contributed by atoms with van der Waals surface area (Å²) in [6.45, 7) is 2.05. The summed E-state index contributed by atoms with van der Waals surface area (Å²) >= 11 is 0. The summed E-state index contributed by atoms with van der Waals surface area (Å²) in [4.78, 5) is 0. The minimum absolute atomic E-state index is 0.0571. The Morgan fingerprint density at radius 1 is 0.969 bits per heavy atom. The monoisotopic (exact) mass is 452 g/mol. The Balaban J connectivity index is 1.85. The summed E-state index contributed by atoms with van der Waals surface area (Å²) in [5.41, 5.74) is 2.00. The van der Waals surface area contributed by atoms with Crippen LogP contribution in [-0.2, 0) is 6.42 Å². The summed E-state index contributed by atoms with van der Waals surface area (Å²) < 4.78 is 84.2. The molecule has 0 aliphatic heterocycles. The van der Waals surface area contributed by atoms with Gasteiger partial charge in [-0.15, -0.1) is 13.2 Å². The van der Waals surface area contributed by atoms with E-state index in [4.69, 9.17) is 0 Å². The van der Waals surface area contributed by atoms with Crippen molar-refractivity contribution in [2.75, 3.05) is 0 Å². The van der Waals surface area contributed by atoms with Gasteiger partial charge in [0.15, 0.2) is 11.6 Å². The normalized spacial score (nSPS) is 18.6. The Kier molecular flexibility index (Phi) is 6.10. The van der Waals surface area contributed by atoms with E-state index in [0.29, 0.717) is 6.42 Å². The Labute approximate surface area is 182 Å².